The number of hydrogen-bond donors (Lipinski definition) is 1. The maximum Gasteiger partial charge on any atom is 0.289 e. The lowest BCUT2D eigenvalue weighted by molar-refractivity contribution is -0.384. The molecule has 0 aromatic heterocycles. The highest BCUT2D eigenvalue weighted by Crippen LogP contribution is 2.26. The molecule has 0 aliphatic rings. The Morgan fingerprint density at radius 1 is 1.41 bits per heavy atom. The summed E-state index contributed by atoms with van der Waals surface area (Å²) in [6.45, 7) is 0.0420. The van der Waals surface area contributed by atoms with Crippen LogP contribution >= 0.6 is 23.2 Å². The fourth-order valence-corrected chi connectivity index (χ4v) is 2.50. The summed E-state index contributed by atoms with van der Waals surface area (Å²) < 4.78 is 25.5. The Morgan fingerprint density at radius 2 is 2.06 bits per heavy atom. The molecule has 1 rings (SSSR count). The monoisotopic (exact) mass is 298 g/mol. The summed E-state index contributed by atoms with van der Waals surface area (Å²) in [4.78, 5) is 9.63. The molecule has 0 saturated carbocycles. The van der Waals surface area contributed by atoms with E-state index in [-0.39, 0.29) is 22.3 Å². The van der Waals surface area contributed by atoms with Gasteiger partial charge in [0, 0.05) is 18.5 Å². The second kappa shape index (κ2) is 5.63. The van der Waals surface area contributed by atoms with Crippen molar-refractivity contribution in [2.24, 2.45) is 0 Å². The van der Waals surface area contributed by atoms with E-state index in [9.17, 15) is 18.5 Å². The molecular formula is C8H8Cl2N2O4S. The van der Waals surface area contributed by atoms with Crippen LogP contribution in [-0.2, 0) is 10.0 Å². The van der Waals surface area contributed by atoms with Gasteiger partial charge in [-0.05, 0) is 12.1 Å². The summed E-state index contributed by atoms with van der Waals surface area (Å²) in [7, 11) is -3.79. The molecule has 0 heterocycles. The average Bonchev–Trinajstić information content (AvgIpc) is 2.26. The Kier molecular flexibility index (Phi) is 4.70. The molecule has 0 aliphatic carbocycles. The Balaban J connectivity index is 3.16. The number of halogens is 2. The van der Waals surface area contributed by atoms with Crippen LogP contribution in [0.5, 0.6) is 0 Å². The van der Waals surface area contributed by atoms with Crippen LogP contribution < -0.4 is 4.72 Å². The molecule has 0 bridgehead atoms. The smallest absolute Gasteiger partial charge is 0.258 e. The predicted molar refractivity (Wildman–Crippen MR) is 64.0 cm³/mol. The van der Waals surface area contributed by atoms with Gasteiger partial charge in [-0.2, -0.15) is 0 Å². The van der Waals surface area contributed by atoms with Gasteiger partial charge in [0.15, 0.2) is 0 Å². The van der Waals surface area contributed by atoms with Crippen molar-refractivity contribution in [1.29, 1.82) is 0 Å². The fraction of sp³-hybridized carbons (Fsp3) is 0.250. The molecule has 0 aliphatic heterocycles. The van der Waals surface area contributed by atoms with E-state index in [4.69, 9.17) is 23.2 Å². The van der Waals surface area contributed by atoms with Crippen molar-refractivity contribution in [3.05, 3.63) is 33.3 Å². The number of nitro benzene ring substituents is 1. The average molecular weight is 299 g/mol. The second-order valence-corrected chi connectivity index (χ2v) is 5.51. The summed E-state index contributed by atoms with van der Waals surface area (Å²) in [6, 6.07) is 3.25. The molecule has 0 saturated heterocycles. The molecular weight excluding hydrogens is 291 g/mol. The molecule has 1 aromatic carbocycles. The van der Waals surface area contributed by atoms with Gasteiger partial charge in [0.25, 0.3) is 5.69 Å². The maximum atomic E-state index is 11.6. The Hall–Kier alpha value is -0.890. The molecule has 0 radical (unpaired) electrons. The van der Waals surface area contributed by atoms with Gasteiger partial charge in [0.05, 0.1) is 9.82 Å². The van der Waals surface area contributed by atoms with Gasteiger partial charge in [-0.15, -0.1) is 11.6 Å². The maximum absolute atomic E-state index is 11.6. The first kappa shape index (κ1) is 14.2. The lowest BCUT2D eigenvalue weighted by Gasteiger charge is -2.05. The normalized spacial score (nSPS) is 11.4. The van der Waals surface area contributed by atoms with Crippen molar-refractivity contribution < 1.29 is 13.3 Å². The lowest BCUT2D eigenvalue weighted by Crippen LogP contribution is -2.25. The molecule has 6 nitrogen and oxygen atoms in total. The van der Waals surface area contributed by atoms with Crippen molar-refractivity contribution >= 4 is 38.9 Å². The van der Waals surface area contributed by atoms with Crippen LogP contribution in [0.3, 0.4) is 0 Å². The van der Waals surface area contributed by atoms with Crippen molar-refractivity contribution in [1.82, 2.24) is 4.72 Å². The minimum atomic E-state index is -3.79. The first-order chi connectivity index (χ1) is 7.88. The largest absolute Gasteiger partial charge is 0.289 e. The standard InChI is InChI=1S/C8H8Cl2N2O4S/c9-3-4-11-17(15,16)6-1-2-7(10)8(5-6)12(13)14/h1-2,5,11H,3-4H2. The molecule has 0 unspecified atom stereocenters. The SMILES string of the molecule is O=[N+]([O-])c1cc(S(=O)(=O)NCCCl)ccc1Cl. The third kappa shape index (κ3) is 3.53. The Morgan fingerprint density at radius 3 is 2.59 bits per heavy atom. The van der Waals surface area contributed by atoms with Crippen LogP contribution in [0.25, 0.3) is 0 Å². The van der Waals surface area contributed by atoms with Gasteiger partial charge in [-0.25, -0.2) is 13.1 Å². The molecule has 0 amide bonds. The number of alkyl halides is 1. The molecule has 0 atom stereocenters. The predicted octanol–water partition coefficient (Wildman–Crippen LogP) is 1.77. The minimum Gasteiger partial charge on any atom is -0.258 e. The number of nitro groups is 1. The van der Waals surface area contributed by atoms with E-state index in [1.807, 2.05) is 0 Å². The minimum absolute atomic E-state index is 0.0420. The molecule has 94 valence electrons. The van der Waals surface area contributed by atoms with E-state index in [2.05, 4.69) is 4.72 Å². The lowest BCUT2D eigenvalue weighted by atomic mass is 10.3. The molecule has 0 spiro atoms. The van der Waals surface area contributed by atoms with E-state index >= 15 is 0 Å². The van der Waals surface area contributed by atoms with Crippen LogP contribution in [0.15, 0.2) is 23.1 Å². The van der Waals surface area contributed by atoms with Crippen molar-refractivity contribution in [2.75, 3.05) is 12.4 Å². The number of hydrogen-bond acceptors (Lipinski definition) is 4. The number of nitrogens with one attached hydrogen (secondary N) is 1. The fourth-order valence-electron chi connectivity index (χ4n) is 1.06. The first-order valence-corrected chi connectivity index (χ1v) is 6.77. The highest BCUT2D eigenvalue weighted by Gasteiger charge is 2.19. The third-order valence-corrected chi connectivity index (χ3v) is 3.78. The zero-order valence-corrected chi connectivity index (χ0v) is 10.7. The van der Waals surface area contributed by atoms with Crippen LogP contribution in [0.4, 0.5) is 5.69 Å². The van der Waals surface area contributed by atoms with Gasteiger partial charge in [-0.1, -0.05) is 11.6 Å². The number of nitrogens with zero attached hydrogens (tertiary/aromatic N) is 1. The Bertz CT molecular complexity index is 532. The highest BCUT2D eigenvalue weighted by atomic mass is 35.5. The van der Waals surface area contributed by atoms with Crippen LogP contribution in [0, 0.1) is 10.1 Å². The van der Waals surface area contributed by atoms with Crippen molar-refractivity contribution in [3.63, 3.8) is 0 Å². The van der Waals surface area contributed by atoms with Gasteiger partial charge >= 0.3 is 0 Å². The van der Waals surface area contributed by atoms with Gasteiger partial charge in [-0.3, -0.25) is 10.1 Å². The third-order valence-electron chi connectivity index (χ3n) is 1.81. The topological polar surface area (TPSA) is 89.3 Å². The van der Waals surface area contributed by atoms with E-state index in [1.54, 1.807) is 0 Å². The van der Waals surface area contributed by atoms with Gasteiger partial charge < -0.3 is 0 Å². The summed E-state index contributed by atoms with van der Waals surface area (Å²) >= 11 is 10.9. The Labute approximate surface area is 108 Å². The molecule has 17 heavy (non-hydrogen) atoms. The number of rotatable bonds is 5. The van der Waals surface area contributed by atoms with E-state index in [1.165, 1.54) is 6.07 Å². The number of benzene rings is 1. The number of sulfonamides is 1. The molecule has 0 fully saturated rings. The summed E-state index contributed by atoms with van der Waals surface area (Å²) in [6.07, 6.45) is 0. The van der Waals surface area contributed by atoms with Crippen molar-refractivity contribution in [3.8, 4) is 0 Å². The zero-order chi connectivity index (χ0) is 13.1. The summed E-state index contributed by atoms with van der Waals surface area (Å²) in [5, 5.41) is 10.5. The second-order valence-electron chi connectivity index (χ2n) is 2.96. The van der Waals surface area contributed by atoms with Gasteiger partial charge in [0.2, 0.25) is 10.0 Å². The summed E-state index contributed by atoms with van der Waals surface area (Å²) in [5.74, 6) is 0.106. The van der Waals surface area contributed by atoms with Crippen molar-refractivity contribution in [2.45, 2.75) is 4.90 Å². The van der Waals surface area contributed by atoms with Crippen LogP contribution in [0.1, 0.15) is 0 Å². The molecule has 9 heteroatoms. The van der Waals surface area contributed by atoms with E-state index < -0.39 is 20.6 Å². The quantitative estimate of drug-likeness (QED) is 0.509. The van der Waals surface area contributed by atoms with Gasteiger partial charge in [0.1, 0.15) is 5.02 Å². The first-order valence-electron chi connectivity index (χ1n) is 4.38. The van der Waals surface area contributed by atoms with Crippen LogP contribution in [0.2, 0.25) is 5.02 Å². The molecule has 1 aromatic rings. The molecule has 1 N–H and O–H groups in total. The highest BCUT2D eigenvalue weighted by molar-refractivity contribution is 7.89. The van der Waals surface area contributed by atoms with E-state index in [0.717, 1.165) is 12.1 Å². The summed E-state index contributed by atoms with van der Waals surface area (Å²) in [5.41, 5.74) is -0.458. The van der Waals surface area contributed by atoms with E-state index in [0.29, 0.717) is 0 Å². The van der Waals surface area contributed by atoms with Crippen LogP contribution in [-0.4, -0.2) is 25.8 Å². The zero-order valence-electron chi connectivity index (χ0n) is 8.39.